The minimum atomic E-state index is -3.59. The van der Waals surface area contributed by atoms with Crippen LogP contribution in [0.15, 0.2) is 41.8 Å². The van der Waals surface area contributed by atoms with E-state index in [1.54, 1.807) is 0 Å². The smallest absolute Gasteiger partial charge is 0.251 e. The van der Waals surface area contributed by atoms with Crippen molar-refractivity contribution in [3.05, 3.63) is 42.5 Å². The van der Waals surface area contributed by atoms with Crippen LogP contribution in [0, 0.1) is 0 Å². The summed E-state index contributed by atoms with van der Waals surface area (Å²) in [6, 6.07) is 5.79. The first-order valence-electron chi connectivity index (χ1n) is 7.57. The molecule has 0 saturated heterocycles. The number of carbonyl (C=O) groups is 1. The van der Waals surface area contributed by atoms with E-state index in [1.165, 1.54) is 30.3 Å². The van der Waals surface area contributed by atoms with Crippen molar-refractivity contribution in [2.75, 3.05) is 13.1 Å². The number of amides is 1. The Bertz CT molecular complexity index is 627. The van der Waals surface area contributed by atoms with E-state index in [-0.39, 0.29) is 17.3 Å². The summed E-state index contributed by atoms with van der Waals surface area (Å²) < 4.78 is 26.3. The summed E-state index contributed by atoms with van der Waals surface area (Å²) in [4.78, 5) is 12.4. The van der Waals surface area contributed by atoms with Crippen molar-refractivity contribution in [2.24, 2.45) is 5.73 Å². The van der Waals surface area contributed by atoms with Crippen LogP contribution in [0.4, 0.5) is 0 Å². The van der Waals surface area contributed by atoms with Gasteiger partial charge in [-0.05, 0) is 37.1 Å². The molecule has 0 saturated carbocycles. The molecule has 0 unspecified atom stereocenters. The number of benzene rings is 1. The first kappa shape index (κ1) is 19.3. The molecule has 4 N–H and O–H groups in total. The summed E-state index contributed by atoms with van der Waals surface area (Å²) in [5, 5.41) is 2.95. The Kier molecular flexibility index (Phi) is 6.93. The molecule has 1 amide bonds. The van der Waals surface area contributed by atoms with Crippen LogP contribution >= 0.6 is 0 Å². The fraction of sp³-hybridized carbons (Fsp3) is 0.438. The van der Waals surface area contributed by atoms with Crippen LogP contribution < -0.4 is 15.8 Å². The van der Waals surface area contributed by atoms with Gasteiger partial charge < -0.3 is 11.1 Å². The van der Waals surface area contributed by atoms with Crippen LogP contribution in [0.3, 0.4) is 0 Å². The lowest BCUT2D eigenvalue weighted by Gasteiger charge is -2.31. The first-order chi connectivity index (χ1) is 10.8. The summed E-state index contributed by atoms with van der Waals surface area (Å²) in [7, 11) is -3.59. The second-order valence-corrected chi connectivity index (χ2v) is 7.08. The van der Waals surface area contributed by atoms with Crippen molar-refractivity contribution in [1.82, 2.24) is 10.0 Å². The lowest BCUT2D eigenvalue weighted by atomic mass is 9.92. The Balaban J connectivity index is 2.92. The van der Waals surface area contributed by atoms with Gasteiger partial charge in [-0.2, -0.15) is 0 Å². The monoisotopic (exact) mass is 339 g/mol. The van der Waals surface area contributed by atoms with Gasteiger partial charge in [0.1, 0.15) is 0 Å². The Morgan fingerprint density at radius 1 is 1.26 bits per heavy atom. The molecule has 0 aliphatic carbocycles. The standard InChI is InChI=1S/C16H25N3O3S/c1-4-11-18-23(21,22)14-9-7-13(8-10-14)15(20)19-16(5-2,6-3)12-17/h4,7-10,18H,1,5-6,11-12,17H2,2-3H3,(H,19,20). The Hall–Kier alpha value is -1.70. The average Bonchev–Trinajstić information content (AvgIpc) is 2.58. The predicted octanol–water partition coefficient (Wildman–Crippen LogP) is 1.40. The van der Waals surface area contributed by atoms with E-state index in [2.05, 4.69) is 16.6 Å². The SMILES string of the molecule is C=CCNS(=O)(=O)c1ccc(C(=O)NC(CC)(CC)CN)cc1. The zero-order valence-corrected chi connectivity index (χ0v) is 14.4. The summed E-state index contributed by atoms with van der Waals surface area (Å²) in [5.74, 6) is -0.262. The van der Waals surface area contributed by atoms with E-state index in [0.717, 1.165) is 12.8 Å². The molecule has 0 aromatic heterocycles. The second-order valence-electron chi connectivity index (χ2n) is 5.31. The van der Waals surface area contributed by atoms with Crippen LogP contribution in [0.5, 0.6) is 0 Å². The third kappa shape index (κ3) is 4.89. The molecule has 0 heterocycles. The number of hydrogen-bond acceptors (Lipinski definition) is 4. The molecule has 0 bridgehead atoms. The molecule has 0 atom stereocenters. The quantitative estimate of drug-likeness (QED) is 0.592. The maximum atomic E-state index is 12.3. The molecule has 1 aromatic carbocycles. The van der Waals surface area contributed by atoms with Crippen molar-refractivity contribution in [1.29, 1.82) is 0 Å². The minimum Gasteiger partial charge on any atom is -0.345 e. The summed E-state index contributed by atoms with van der Waals surface area (Å²) >= 11 is 0. The van der Waals surface area contributed by atoms with E-state index in [4.69, 9.17) is 5.73 Å². The third-order valence-corrected chi connectivity index (χ3v) is 5.41. The topological polar surface area (TPSA) is 101 Å². The fourth-order valence-electron chi connectivity index (χ4n) is 2.12. The van der Waals surface area contributed by atoms with E-state index in [1.807, 2.05) is 13.8 Å². The number of rotatable bonds is 9. The van der Waals surface area contributed by atoms with E-state index in [0.29, 0.717) is 12.1 Å². The zero-order valence-electron chi connectivity index (χ0n) is 13.6. The normalized spacial score (nSPS) is 12.0. The summed E-state index contributed by atoms with van der Waals surface area (Å²) in [6.45, 7) is 7.90. The van der Waals surface area contributed by atoms with E-state index in [9.17, 15) is 13.2 Å². The van der Waals surface area contributed by atoms with Crippen LogP contribution in [0.25, 0.3) is 0 Å². The molecule has 0 aliphatic heterocycles. The highest BCUT2D eigenvalue weighted by atomic mass is 32.2. The first-order valence-corrected chi connectivity index (χ1v) is 9.05. The molecular weight excluding hydrogens is 314 g/mol. The predicted molar refractivity (Wildman–Crippen MR) is 91.7 cm³/mol. The molecule has 23 heavy (non-hydrogen) atoms. The van der Waals surface area contributed by atoms with Crippen LogP contribution in [0.1, 0.15) is 37.0 Å². The highest BCUT2D eigenvalue weighted by molar-refractivity contribution is 7.89. The fourth-order valence-corrected chi connectivity index (χ4v) is 3.12. The van der Waals surface area contributed by atoms with Crippen molar-refractivity contribution in [2.45, 2.75) is 37.1 Å². The molecule has 7 heteroatoms. The summed E-state index contributed by atoms with van der Waals surface area (Å²) in [5.41, 5.74) is 5.73. The molecule has 0 fully saturated rings. The molecular formula is C16H25N3O3S. The van der Waals surface area contributed by atoms with Gasteiger partial charge in [0.05, 0.1) is 10.4 Å². The highest BCUT2D eigenvalue weighted by Gasteiger charge is 2.26. The number of hydrogen-bond donors (Lipinski definition) is 3. The Morgan fingerprint density at radius 2 is 1.83 bits per heavy atom. The van der Waals surface area contributed by atoms with Gasteiger partial charge in [-0.15, -0.1) is 6.58 Å². The van der Waals surface area contributed by atoms with Crippen LogP contribution in [0.2, 0.25) is 0 Å². The molecule has 1 aromatic rings. The van der Waals surface area contributed by atoms with Gasteiger partial charge in [0, 0.05) is 18.7 Å². The van der Waals surface area contributed by atoms with Gasteiger partial charge in [0.2, 0.25) is 10.0 Å². The van der Waals surface area contributed by atoms with Gasteiger partial charge in [-0.1, -0.05) is 19.9 Å². The van der Waals surface area contributed by atoms with Gasteiger partial charge in [-0.3, -0.25) is 4.79 Å². The van der Waals surface area contributed by atoms with Crippen LogP contribution in [-0.2, 0) is 10.0 Å². The number of nitrogens with two attached hydrogens (primary N) is 1. The average molecular weight is 339 g/mol. The molecule has 1 rings (SSSR count). The van der Waals surface area contributed by atoms with Crippen molar-refractivity contribution >= 4 is 15.9 Å². The summed E-state index contributed by atoms with van der Waals surface area (Å²) in [6.07, 6.45) is 2.91. The van der Waals surface area contributed by atoms with Gasteiger partial charge in [-0.25, -0.2) is 13.1 Å². The van der Waals surface area contributed by atoms with Crippen molar-refractivity contribution in [3.63, 3.8) is 0 Å². The second kappa shape index (κ2) is 8.24. The van der Waals surface area contributed by atoms with Crippen molar-refractivity contribution in [3.8, 4) is 0 Å². The van der Waals surface area contributed by atoms with Gasteiger partial charge in [0.15, 0.2) is 0 Å². The lowest BCUT2D eigenvalue weighted by Crippen LogP contribution is -2.52. The number of carbonyl (C=O) groups excluding carboxylic acids is 1. The maximum Gasteiger partial charge on any atom is 0.251 e. The van der Waals surface area contributed by atoms with Crippen molar-refractivity contribution < 1.29 is 13.2 Å². The Labute approximate surface area is 138 Å². The molecule has 128 valence electrons. The number of nitrogens with one attached hydrogen (secondary N) is 2. The van der Waals surface area contributed by atoms with E-state index < -0.39 is 15.6 Å². The molecule has 0 radical (unpaired) electrons. The Morgan fingerprint density at radius 3 is 2.26 bits per heavy atom. The van der Waals surface area contributed by atoms with Gasteiger partial charge >= 0.3 is 0 Å². The number of sulfonamides is 1. The van der Waals surface area contributed by atoms with Gasteiger partial charge in [0.25, 0.3) is 5.91 Å². The lowest BCUT2D eigenvalue weighted by molar-refractivity contribution is 0.0895. The maximum absolute atomic E-state index is 12.3. The zero-order chi connectivity index (χ0) is 17.5. The molecule has 0 spiro atoms. The van der Waals surface area contributed by atoms with Crippen LogP contribution in [-0.4, -0.2) is 33.0 Å². The minimum absolute atomic E-state index is 0.104. The third-order valence-electron chi connectivity index (χ3n) is 3.97. The molecule has 0 aliphatic rings. The molecule has 6 nitrogen and oxygen atoms in total. The van der Waals surface area contributed by atoms with E-state index >= 15 is 0 Å². The largest absolute Gasteiger partial charge is 0.345 e. The highest BCUT2D eigenvalue weighted by Crippen LogP contribution is 2.16.